The lowest BCUT2D eigenvalue weighted by atomic mass is 10.0. The minimum absolute atomic E-state index is 0.0327. The van der Waals surface area contributed by atoms with Crippen LogP contribution >= 0.6 is 0 Å². The maximum Gasteiger partial charge on any atom is 0.242 e. The summed E-state index contributed by atoms with van der Waals surface area (Å²) < 4.78 is 0. The van der Waals surface area contributed by atoms with Crippen LogP contribution in [0.5, 0.6) is 0 Å². The van der Waals surface area contributed by atoms with Crippen molar-refractivity contribution < 1.29 is 14.4 Å². The molecule has 1 saturated carbocycles. The molecule has 3 rings (SSSR count). The zero-order valence-corrected chi connectivity index (χ0v) is 14.7. The second-order valence-corrected chi connectivity index (χ2v) is 7.60. The highest BCUT2D eigenvalue weighted by molar-refractivity contribution is 5.86. The smallest absolute Gasteiger partial charge is 0.242 e. The van der Waals surface area contributed by atoms with E-state index in [-0.39, 0.29) is 47.8 Å². The van der Waals surface area contributed by atoms with E-state index >= 15 is 0 Å². The minimum atomic E-state index is -0.306. The van der Waals surface area contributed by atoms with Crippen LogP contribution in [0.1, 0.15) is 40.0 Å². The van der Waals surface area contributed by atoms with Gasteiger partial charge in [0.1, 0.15) is 6.04 Å². The maximum absolute atomic E-state index is 13.0. The monoisotopic (exact) mass is 336 g/mol. The van der Waals surface area contributed by atoms with Gasteiger partial charge in [0.25, 0.3) is 0 Å². The van der Waals surface area contributed by atoms with E-state index in [0.29, 0.717) is 13.1 Å². The molecular weight excluding hydrogens is 308 g/mol. The predicted octanol–water partition coefficient (Wildman–Crippen LogP) is -0.289. The van der Waals surface area contributed by atoms with Gasteiger partial charge in [-0.25, -0.2) is 0 Å². The lowest BCUT2D eigenvalue weighted by Gasteiger charge is -2.44. The Morgan fingerprint density at radius 2 is 1.96 bits per heavy atom. The molecule has 2 N–H and O–H groups in total. The molecule has 3 amide bonds. The summed E-state index contributed by atoms with van der Waals surface area (Å²) in [6.45, 7) is 7.42. The summed E-state index contributed by atoms with van der Waals surface area (Å²) >= 11 is 0. The van der Waals surface area contributed by atoms with E-state index in [9.17, 15) is 14.4 Å². The summed E-state index contributed by atoms with van der Waals surface area (Å²) in [7, 11) is 0. The molecule has 134 valence electrons. The van der Waals surface area contributed by atoms with Gasteiger partial charge in [-0.1, -0.05) is 0 Å². The highest BCUT2D eigenvalue weighted by Gasteiger charge is 2.46. The van der Waals surface area contributed by atoms with E-state index in [1.54, 1.807) is 0 Å². The molecule has 7 nitrogen and oxygen atoms in total. The van der Waals surface area contributed by atoms with Gasteiger partial charge >= 0.3 is 0 Å². The van der Waals surface area contributed by atoms with Crippen molar-refractivity contribution >= 4 is 17.7 Å². The third kappa shape index (κ3) is 3.55. The number of carbonyl (C=O) groups is 3. The van der Waals surface area contributed by atoms with Gasteiger partial charge in [-0.15, -0.1) is 0 Å². The number of rotatable bonds is 5. The normalized spacial score (nSPS) is 30.4. The molecule has 0 bridgehead atoms. The molecular formula is C17H28N4O3. The summed E-state index contributed by atoms with van der Waals surface area (Å²) in [6.07, 6.45) is 2.73. The van der Waals surface area contributed by atoms with E-state index in [1.165, 1.54) is 6.92 Å². The minimum Gasteiger partial charge on any atom is -0.354 e. The van der Waals surface area contributed by atoms with Crippen molar-refractivity contribution in [1.82, 2.24) is 20.4 Å². The summed E-state index contributed by atoms with van der Waals surface area (Å²) in [5.41, 5.74) is 0. The van der Waals surface area contributed by atoms with E-state index in [4.69, 9.17) is 0 Å². The second kappa shape index (κ2) is 6.70. The first-order chi connectivity index (χ1) is 11.4. The first-order valence-corrected chi connectivity index (χ1v) is 8.98. The fourth-order valence-corrected chi connectivity index (χ4v) is 3.92. The first-order valence-electron chi connectivity index (χ1n) is 8.98. The quantitative estimate of drug-likeness (QED) is 0.723. The molecule has 2 aliphatic heterocycles. The number of carbonyl (C=O) groups excluding carboxylic acids is 3. The zero-order valence-electron chi connectivity index (χ0n) is 14.7. The lowest BCUT2D eigenvalue weighted by molar-refractivity contribution is -0.145. The third-order valence-electron chi connectivity index (χ3n) is 5.29. The summed E-state index contributed by atoms with van der Waals surface area (Å²) in [4.78, 5) is 40.3. The fourth-order valence-electron chi connectivity index (χ4n) is 3.92. The van der Waals surface area contributed by atoms with E-state index < -0.39 is 0 Å². The Kier molecular flexibility index (Phi) is 4.80. The Morgan fingerprint density at radius 1 is 1.25 bits per heavy atom. The van der Waals surface area contributed by atoms with Gasteiger partial charge in [-0.3, -0.25) is 19.3 Å². The fraction of sp³-hybridized carbons (Fsp3) is 0.824. The van der Waals surface area contributed by atoms with Gasteiger partial charge in [0, 0.05) is 50.6 Å². The van der Waals surface area contributed by atoms with Gasteiger partial charge in [0.2, 0.25) is 17.7 Å². The summed E-state index contributed by atoms with van der Waals surface area (Å²) in [6, 6.07) is 0.108. The molecule has 3 fully saturated rings. The molecule has 3 atom stereocenters. The summed E-state index contributed by atoms with van der Waals surface area (Å²) in [5.74, 6) is 0.246. The van der Waals surface area contributed by atoms with Crippen molar-refractivity contribution in [1.29, 1.82) is 0 Å². The van der Waals surface area contributed by atoms with Crippen LogP contribution in [0.2, 0.25) is 0 Å². The molecule has 3 aliphatic rings. The largest absolute Gasteiger partial charge is 0.354 e. The van der Waals surface area contributed by atoms with Gasteiger partial charge in [0.05, 0.1) is 0 Å². The zero-order chi connectivity index (χ0) is 17.4. The predicted molar refractivity (Wildman–Crippen MR) is 89.1 cm³/mol. The number of nitrogens with one attached hydrogen (secondary N) is 2. The molecule has 0 radical (unpaired) electrons. The topological polar surface area (TPSA) is 81.8 Å². The van der Waals surface area contributed by atoms with Crippen molar-refractivity contribution in [3.05, 3.63) is 0 Å². The van der Waals surface area contributed by atoms with Crippen molar-refractivity contribution in [2.45, 2.75) is 64.2 Å². The van der Waals surface area contributed by atoms with Crippen LogP contribution in [-0.2, 0) is 14.4 Å². The maximum atomic E-state index is 13.0. The third-order valence-corrected chi connectivity index (χ3v) is 5.29. The molecule has 7 heteroatoms. The molecule has 2 saturated heterocycles. The van der Waals surface area contributed by atoms with Crippen molar-refractivity contribution in [3.8, 4) is 0 Å². The molecule has 0 spiro atoms. The lowest BCUT2D eigenvalue weighted by Crippen LogP contribution is -2.64. The molecule has 0 aromatic heterocycles. The number of fused-ring (bicyclic) bond motifs is 1. The highest BCUT2D eigenvalue weighted by Crippen LogP contribution is 2.30. The Bertz CT molecular complexity index is 532. The first kappa shape index (κ1) is 17.2. The van der Waals surface area contributed by atoms with Crippen LogP contribution in [-0.4, -0.2) is 71.3 Å². The standard InChI is InChI=1S/C17H28N4O3/c1-10(2)20-9-14-6-13(19-11(3)22)8-21(14)17(24)15(20)7-18-16(23)12-4-5-12/h10,12-15H,4-9H2,1-3H3,(H,18,23)(H,19,22)/t13-,14-,15-/m0/s1. The van der Waals surface area contributed by atoms with Gasteiger partial charge < -0.3 is 15.5 Å². The molecule has 0 aromatic carbocycles. The molecule has 0 unspecified atom stereocenters. The van der Waals surface area contributed by atoms with E-state index in [2.05, 4.69) is 29.4 Å². The van der Waals surface area contributed by atoms with Gasteiger partial charge in [-0.05, 0) is 33.1 Å². The van der Waals surface area contributed by atoms with Crippen molar-refractivity contribution in [2.24, 2.45) is 5.92 Å². The van der Waals surface area contributed by atoms with Gasteiger partial charge in [0.15, 0.2) is 0 Å². The van der Waals surface area contributed by atoms with E-state index in [1.807, 2.05) is 4.90 Å². The molecule has 0 aromatic rings. The number of amides is 3. The van der Waals surface area contributed by atoms with Crippen LogP contribution in [0.4, 0.5) is 0 Å². The van der Waals surface area contributed by atoms with Crippen LogP contribution in [0, 0.1) is 5.92 Å². The van der Waals surface area contributed by atoms with Gasteiger partial charge in [-0.2, -0.15) is 0 Å². The Labute approximate surface area is 143 Å². The highest BCUT2D eigenvalue weighted by atomic mass is 16.2. The van der Waals surface area contributed by atoms with Crippen LogP contribution in [0.15, 0.2) is 0 Å². The van der Waals surface area contributed by atoms with Crippen LogP contribution < -0.4 is 10.6 Å². The van der Waals surface area contributed by atoms with Crippen LogP contribution in [0.3, 0.4) is 0 Å². The Morgan fingerprint density at radius 3 is 2.54 bits per heavy atom. The summed E-state index contributed by atoms with van der Waals surface area (Å²) in [5, 5.41) is 5.88. The SMILES string of the molecule is CC(=O)N[C@H]1C[C@H]2CN(C(C)C)[C@@H](CNC(=O)C3CC3)C(=O)N2C1. The van der Waals surface area contributed by atoms with E-state index in [0.717, 1.165) is 25.8 Å². The number of piperazine rings is 1. The molecule has 2 heterocycles. The number of hydrogen-bond acceptors (Lipinski definition) is 4. The molecule has 1 aliphatic carbocycles. The average molecular weight is 336 g/mol. The van der Waals surface area contributed by atoms with Crippen LogP contribution in [0.25, 0.3) is 0 Å². The number of hydrogen-bond donors (Lipinski definition) is 2. The second-order valence-electron chi connectivity index (χ2n) is 7.60. The van der Waals surface area contributed by atoms with Crippen molar-refractivity contribution in [3.63, 3.8) is 0 Å². The average Bonchev–Trinajstić information content (AvgIpc) is 3.26. The van der Waals surface area contributed by atoms with Crippen molar-refractivity contribution in [2.75, 3.05) is 19.6 Å². The Balaban J connectivity index is 1.67. The molecule has 24 heavy (non-hydrogen) atoms. The number of nitrogens with zero attached hydrogens (tertiary/aromatic N) is 2. The Hall–Kier alpha value is -1.63.